The first kappa shape index (κ1) is 23.0. The minimum atomic E-state index is 0.313. The van der Waals surface area contributed by atoms with E-state index in [9.17, 15) is 0 Å². The standard InChI is InChI=1S/C25H29N7O3/c1-30-17-19(16-26-30)8-11-35-25-27-23(31-9-12-34-13-10-31)15-24(28-25)32-21(18-33-2)14-22(29-32)20-6-4-3-5-7-20/h3-7,14-17H,8-13,18H2,1-2H3. The van der Waals surface area contributed by atoms with Crippen LogP contribution in [-0.2, 0) is 29.5 Å². The van der Waals surface area contributed by atoms with Gasteiger partial charge in [0.1, 0.15) is 5.82 Å². The molecule has 1 aliphatic rings. The van der Waals surface area contributed by atoms with E-state index in [2.05, 4.69) is 10.00 Å². The molecule has 4 aromatic rings. The average Bonchev–Trinajstić information content (AvgIpc) is 3.51. The Morgan fingerprint density at radius 1 is 1.03 bits per heavy atom. The highest BCUT2D eigenvalue weighted by atomic mass is 16.5. The summed E-state index contributed by atoms with van der Waals surface area (Å²) in [5.74, 6) is 1.42. The van der Waals surface area contributed by atoms with E-state index >= 15 is 0 Å². The minimum Gasteiger partial charge on any atom is -0.463 e. The molecule has 10 nitrogen and oxygen atoms in total. The molecule has 0 radical (unpaired) electrons. The van der Waals surface area contributed by atoms with Gasteiger partial charge in [-0.15, -0.1) is 0 Å². The molecular formula is C25H29N7O3. The highest BCUT2D eigenvalue weighted by Gasteiger charge is 2.19. The third-order valence-corrected chi connectivity index (χ3v) is 5.76. The van der Waals surface area contributed by atoms with Crippen LogP contribution in [-0.4, -0.2) is 69.5 Å². The molecule has 0 amide bonds. The fourth-order valence-electron chi connectivity index (χ4n) is 4.01. The van der Waals surface area contributed by atoms with Crippen LogP contribution in [0.25, 0.3) is 17.1 Å². The van der Waals surface area contributed by atoms with Crippen LogP contribution in [0.4, 0.5) is 5.82 Å². The van der Waals surface area contributed by atoms with Crippen molar-refractivity contribution in [2.45, 2.75) is 13.0 Å². The molecule has 0 aliphatic carbocycles. The second-order valence-electron chi connectivity index (χ2n) is 8.32. The summed E-state index contributed by atoms with van der Waals surface area (Å²) in [5.41, 5.74) is 3.86. The summed E-state index contributed by atoms with van der Waals surface area (Å²) in [6.07, 6.45) is 4.53. The molecule has 1 saturated heterocycles. The molecule has 1 aliphatic heterocycles. The Hall–Kier alpha value is -3.76. The third-order valence-electron chi connectivity index (χ3n) is 5.76. The van der Waals surface area contributed by atoms with Crippen molar-refractivity contribution in [3.63, 3.8) is 0 Å². The monoisotopic (exact) mass is 475 g/mol. The van der Waals surface area contributed by atoms with Crippen LogP contribution in [0.1, 0.15) is 11.3 Å². The summed E-state index contributed by atoms with van der Waals surface area (Å²) in [5, 5.41) is 9.08. The van der Waals surface area contributed by atoms with Gasteiger partial charge in [-0.25, -0.2) is 4.68 Å². The number of anilines is 1. The van der Waals surface area contributed by atoms with Gasteiger partial charge in [0.05, 0.1) is 44.0 Å². The van der Waals surface area contributed by atoms with Crippen LogP contribution in [0.3, 0.4) is 0 Å². The number of hydrogen-bond acceptors (Lipinski definition) is 8. The van der Waals surface area contributed by atoms with Gasteiger partial charge in [-0.1, -0.05) is 30.3 Å². The normalized spacial score (nSPS) is 13.8. The maximum absolute atomic E-state index is 6.01. The minimum absolute atomic E-state index is 0.313. The van der Waals surface area contributed by atoms with Crippen LogP contribution >= 0.6 is 0 Å². The zero-order valence-corrected chi connectivity index (χ0v) is 20.0. The summed E-state index contributed by atoms with van der Waals surface area (Å²) in [7, 11) is 3.57. The van der Waals surface area contributed by atoms with E-state index < -0.39 is 0 Å². The van der Waals surface area contributed by atoms with Gasteiger partial charge in [0.25, 0.3) is 0 Å². The van der Waals surface area contributed by atoms with Crippen LogP contribution in [0, 0.1) is 0 Å². The van der Waals surface area contributed by atoms with E-state index in [0.717, 1.165) is 41.4 Å². The quantitative estimate of drug-likeness (QED) is 0.365. The molecule has 182 valence electrons. The molecule has 1 fully saturated rings. The highest BCUT2D eigenvalue weighted by molar-refractivity contribution is 5.60. The molecule has 0 unspecified atom stereocenters. The Bertz CT molecular complexity index is 1250. The zero-order chi connectivity index (χ0) is 24.0. The second-order valence-corrected chi connectivity index (χ2v) is 8.32. The molecule has 3 aromatic heterocycles. The number of hydrogen-bond donors (Lipinski definition) is 0. The van der Waals surface area contributed by atoms with Crippen LogP contribution in [0.5, 0.6) is 6.01 Å². The lowest BCUT2D eigenvalue weighted by Gasteiger charge is -2.28. The van der Waals surface area contributed by atoms with Crippen molar-refractivity contribution in [2.24, 2.45) is 7.05 Å². The Labute approximate surface area is 204 Å². The summed E-state index contributed by atoms with van der Waals surface area (Å²) >= 11 is 0. The number of methoxy groups -OCH3 is 1. The summed E-state index contributed by atoms with van der Waals surface area (Å²) < 4.78 is 20.6. The van der Waals surface area contributed by atoms with Crippen molar-refractivity contribution >= 4 is 5.82 Å². The molecular weight excluding hydrogens is 446 g/mol. The Balaban J connectivity index is 1.48. The van der Waals surface area contributed by atoms with E-state index in [0.29, 0.717) is 44.7 Å². The molecule has 0 atom stereocenters. The topological polar surface area (TPSA) is 92.4 Å². The molecule has 0 saturated carbocycles. The van der Waals surface area contributed by atoms with Crippen molar-refractivity contribution < 1.29 is 14.2 Å². The predicted octanol–water partition coefficient (Wildman–Crippen LogP) is 2.67. The number of nitrogens with zero attached hydrogens (tertiary/aromatic N) is 7. The van der Waals surface area contributed by atoms with Crippen molar-refractivity contribution in [1.82, 2.24) is 29.5 Å². The first-order valence-electron chi connectivity index (χ1n) is 11.7. The SMILES string of the molecule is COCc1cc(-c2ccccc2)nn1-c1cc(N2CCOCC2)nc(OCCc2cnn(C)c2)n1. The Kier molecular flexibility index (Phi) is 7.01. The first-order chi connectivity index (χ1) is 17.2. The van der Waals surface area contributed by atoms with Crippen molar-refractivity contribution in [2.75, 3.05) is 44.9 Å². The van der Waals surface area contributed by atoms with Gasteiger partial charge in [-0.2, -0.15) is 20.2 Å². The highest BCUT2D eigenvalue weighted by Crippen LogP contribution is 2.25. The lowest BCUT2D eigenvalue weighted by Crippen LogP contribution is -2.37. The lowest BCUT2D eigenvalue weighted by molar-refractivity contribution is 0.122. The van der Waals surface area contributed by atoms with Gasteiger partial charge in [-0.05, 0) is 11.6 Å². The van der Waals surface area contributed by atoms with Crippen molar-refractivity contribution in [1.29, 1.82) is 0 Å². The van der Waals surface area contributed by atoms with Crippen molar-refractivity contribution in [3.8, 4) is 23.1 Å². The van der Waals surface area contributed by atoms with Crippen LogP contribution in [0.2, 0.25) is 0 Å². The molecule has 10 heteroatoms. The largest absolute Gasteiger partial charge is 0.463 e. The van der Waals surface area contributed by atoms with Gasteiger partial charge < -0.3 is 19.1 Å². The Morgan fingerprint density at radius 2 is 1.83 bits per heavy atom. The molecule has 5 rings (SSSR count). The fraction of sp³-hybridized carbons (Fsp3) is 0.360. The summed E-state index contributed by atoms with van der Waals surface area (Å²) in [6.45, 7) is 3.66. The fourth-order valence-corrected chi connectivity index (χ4v) is 4.01. The maximum Gasteiger partial charge on any atom is 0.320 e. The summed E-state index contributed by atoms with van der Waals surface area (Å²) in [6, 6.07) is 14.3. The number of ether oxygens (including phenoxy) is 3. The number of aryl methyl sites for hydroxylation is 1. The lowest BCUT2D eigenvalue weighted by atomic mass is 10.1. The van der Waals surface area contributed by atoms with E-state index in [4.69, 9.17) is 29.3 Å². The third kappa shape index (κ3) is 5.50. The van der Waals surface area contributed by atoms with E-state index in [1.54, 1.807) is 11.8 Å². The van der Waals surface area contributed by atoms with Crippen LogP contribution < -0.4 is 9.64 Å². The summed E-state index contributed by atoms with van der Waals surface area (Å²) in [4.78, 5) is 11.6. The molecule has 0 bridgehead atoms. The van der Waals surface area contributed by atoms with Crippen molar-refractivity contribution in [3.05, 3.63) is 66.1 Å². The number of benzene rings is 1. The number of rotatable bonds is 9. The molecule has 1 aromatic carbocycles. The van der Waals surface area contributed by atoms with Crippen LogP contribution in [0.15, 0.2) is 54.9 Å². The molecule has 0 spiro atoms. The number of aromatic nitrogens is 6. The molecule has 4 heterocycles. The molecule has 35 heavy (non-hydrogen) atoms. The second kappa shape index (κ2) is 10.7. The van der Waals surface area contributed by atoms with Gasteiger partial charge in [0, 0.05) is 51.5 Å². The Morgan fingerprint density at radius 3 is 2.57 bits per heavy atom. The number of morpholine rings is 1. The predicted molar refractivity (Wildman–Crippen MR) is 131 cm³/mol. The molecule has 0 N–H and O–H groups in total. The first-order valence-corrected chi connectivity index (χ1v) is 11.7. The van der Waals surface area contributed by atoms with E-state index in [1.165, 1.54) is 0 Å². The van der Waals surface area contributed by atoms with Gasteiger partial charge in [-0.3, -0.25) is 4.68 Å². The smallest absolute Gasteiger partial charge is 0.320 e. The van der Waals surface area contributed by atoms with Gasteiger partial charge >= 0.3 is 6.01 Å². The van der Waals surface area contributed by atoms with E-state index in [1.807, 2.05) is 66.6 Å². The average molecular weight is 476 g/mol. The van der Waals surface area contributed by atoms with E-state index in [-0.39, 0.29) is 0 Å². The zero-order valence-electron chi connectivity index (χ0n) is 20.0. The van der Waals surface area contributed by atoms with Gasteiger partial charge in [0.15, 0.2) is 5.82 Å². The van der Waals surface area contributed by atoms with Gasteiger partial charge in [0.2, 0.25) is 0 Å². The maximum atomic E-state index is 6.01.